The van der Waals surface area contributed by atoms with Gasteiger partial charge in [0, 0.05) is 37.3 Å². The van der Waals surface area contributed by atoms with Gasteiger partial charge in [-0.25, -0.2) is 4.79 Å². The van der Waals surface area contributed by atoms with Crippen molar-refractivity contribution in [2.75, 3.05) is 18.1 Å². The van der Waals surface area contributed by atoms with Gasteiger partial charge in [-0.15, -0.1) is 0 Å². The molecule has 12 atom stereocenters. The molecule has 0 bridgehead atoms. The number of nitrogens with zero attached hydrogens (tertiary/aromatic N) is 1. The maximum atomic E-state index is 14.4. The standard InChI is InChI=1S/C50H68N12O19S2/c1-22(63)39-47(77)56-31(17-25-7-11-27(66)12-8-25)43(73)54-29(13-14-36(52)67)42(72)59-34(45(75)58-33(50(80)81)19-38(69)70)21-83-82-20-28(51)41(71)55-30(16-24-5-9-26(65)10-6-24)44(74)57-32(18-37(53)68)49(79)62-15-3-4-35(62)46(76)60-40(23(2)64)48(78)61-39/h5-12,22-23,28-35,39-40,63-66H,3-4,13-21,51H2,1-2H3,(H2,52,67)(H2,53,68)(H,54,73)(H,55,71)(H,56,77)(H,57,74)(H,58,75)(H,59,72)(H,60,76)(H,61,78)(H,69,70)(H,80,81)/t22-,23-,28+,29+,30+,31+,32+,33+,34+,35+,39+,40+/m1/s1. The lowest BCUT2D eigenvalue weighted by Crippen LogP contribution is -2.63. The number of phenolic OH excluding ortho intramolecular Hbond substituents is 2. The second-order valence-corrected chi connectivity index (χ2v) is 22.1. The van der Waals surface area contributed by atoms with Crippen molar-refractivity contribution in [3.8, 4) is 11.5 Å². The lowest BCUT2D eigenvalue weighted by Gasteiger charge is -2.31. The van der Waals surface area contributed by atoms with Crippen LogP contribution in [0, 0.1) is 0 Å². The highest BCUT2D eigenvalue weighted by atomic mass is 33.1. The second-order valence-electron chi connectivity index (χ2n) is 19.5. The summed E-state index contributed by atoms with van der Waals surface area (Å²) in [6.07, 6.45) is -7.27. The zero-order valence-electron chi connectivity index (χ0n) is 44.8. The second kappa shape index (κ2) is 31.8. The van der Waals surface area contributed by atoms with Gasteiger partial charge in [-0.2, -0.15) is 0 Å². The number of hydrogen-bond donors (Lipinski definition) is 17. The molecule has 11 amide bonds. The summed E-state index contributed by atoms with van der Waals surface area (Å²) in [5, 5.41) is 79.3. The number of primary amides is 2. The molecule has 2 aromatic rings. The van der Waals surface area contributed by atoms with Gasteiger partial charge >= 0.3 is 11.9 Å². The minimum Gasteiger partial charge on any atom is -0.508 e. The van der Waals surface area contributed by atoms with E-state index in [0.29, 0.717) is 5.56 Å². The third-order valence-corrected chi connectivity index (χ3v) is 15.3. The van der Waals surface area contributed by atoms with Gasteiger partial charge in [0.15, 0.2) is 0 Å². The van der Waals surface area contributed by atoms with Crippen LogP contribution in [0.4, 0.5) is 0 Å². The molecule has 31 nitrogen and oxygen atoms in total. The first-order chi connectivity index (χ1) is 39.0. The molecule has 4 rings (SSSR count). The molecular formula is C50H68N12O19S2. The molecule has 20 N–H and O–H groups in total. The molecule has 0 aromatic heterocycles. The number of phenols is 2. The van der Waals surface area contributed by atoms with Gasteiger partial charge in [-0.3, -0.25) is 57.5 Å². The van der Waals surface area contributed by atoms with E-state index in [1.54, 1.807) is 0 Å². The monoisotopic (exact) mass is 1200 g/mol. The van der Waals surface area contributed by atoms with E-state index >= 15 is 0 Å². The van der Waals surface area contributed by atoms with Gasteiger partial charge in [0.2, 0.25) is 65.0 Å². The molecule has 0 saturated carbocycles. The van der Waals surface area contributed by atoms with Gasteiger partial charge in [-0.05, 0) is 68.5 Å². The predicted molar refractivity (Wildman–Crippen MR) is 292 cm³/mol. The summed E-state index contributed by atoms with van der Waals surface area (Å²) in [5.41, 5.74) is 17.8. The maximum absolute atomic E-state index is 14.4. The molecule has 0 spiro atoms. The topological polar surface area (TPSA) is 521 Å². The van der Waals surface area contributed by atoms with Crippen LogP contribution in [0.1, 0.15) is 63.5 Å². The van der Waals surface area contributed by atoms with E-state index in [-0.39, 0.29) is 48.6 Å². The van der Waals surface area contributed by atoms with E-state index in [9.17, 15) is 93.0 Å². The van der Waals surface area contributed by atoms with Crippen LogP contribution in [0.3, 0.4) is 0 Å². The number of aliphatic hydroxyl groups is 2. The molecule has 2 aromatic carbocycles. The number of carboxylic acid groups (broad SMARTS) is 2. The first-order valence-corrected chi connectivity index (χ1v) is 28.2. The van der Waals surface area contributed by atoms with E-state index in [0.717, 1.165) is 40.3 Å². The molecule has 0 unspecified atom stereocenters. The van der Waals surface area contributed by atoms with Gasteiger partial charge < -0.3 is 95.3 Å². The van der Waals surface area contributed by atoms with Crippen molar-refractivity contribution in [2.45, 2.75) is 138 Å². The number of fused-ring (bicyclic) bond motifs is 1. The summed E-state index contributed by atoms with van der Waals surface area (Å²) >= 11 is 0. The molecule has 2 saturated heterocycles. The van der Waals surface area contributed by atoms with Gasteiger partial charge in [0.1, 0.15) is 65.9 Å². The van der Waals surface area contributed by atoms with Crippen LogP contribution in [0.2, 0.25) is 0 Å². The fourth-order valence-corrected chi connectivity index (χ4v) is 10.7. The number of carbonyl (C=O) groups is 13. The number of nitrogens with one attached hydrogen (secondary N) is 8. The van der Waals surface area contributed by atoms with Crippen LogP contribution in [0.5, 0.6) is 11.5 Å². The Morgan fingerprint density at radius 1 is 0.627 bits per heavy atom. The molecule has 0 aliphatic carbocycles. The van der Waals surface area contributed by atoms with Crippen LogP contribution in [0.15, 0.2) is 48.5 Å². The minimum absolute atomic E-state index is 0.0449. The summed E-state index contributed by atoms with van der Waals surface area (Å²) < 4.78 is 0. The highest BCUT2D eigenvalue weighted by molar-refractivity contribution is 8.76. The smallest absolute Gasteiger partial charge is 0.326 e. The SMILES string of the molecule is C[C@@H](O)[C@@H]1NC(=O)[C@H]([C@@H](C)O)NC(=O)[C@@H]2CCCN2C(=O)[C@H](CC(N)=O)NC(=O)[C@H](Cc2ccc(O)cc2)NC(=O)[C@@H](N)CSSC[C@@H](C(=O)N[C@@H](CC(=O)O)C(=O)O)NC(=O)[C@H](CCC(N)=O)NC(=O)[C@H](Cc2ccc(O)cc2)NC1=O. The lowest BCUT2D eigenvalue weighted by molar-refractivity contribution is -0.147. The Kier molecular flexibility index (Phi) is 25.8. The fourth-order valence-electron chi connectivity index (χ4n) is 8.42. The third kappa shape index (κ3) is 21.2. The van der Waals surface area contributed by atoms with Crippen molar-refractivity contribution in [3.63, 3.8) is 0 Å². The molecule has 454 valence electrons. The Bertz CT molecular complexity index is 2720. The molecular weight excluding hydrogens is 1140 g/mol. The van der Waals surface area contributed by atoms with Gasteiger partial charge in [-0.1, -0.05) is 45.9 Å². The molecule has 2 aliphatic rings. The predicted octanol–water partition coefficient (Wildman–Crippen LogP) is -6.06. The van der Waals surface area contributed by atoms with Crippen LogP contribution in [-0.4, -0.2) is 203 Å². The quantitative estimate of drug-likeness (QED) is 0.0696. The number of amides is 11. The van der Waals surface area contributed by atoms with Crippen molar-refractivity contribution in [1.82, 2.24) is 47.4 Å². The highest BCUT2D eigenvalue weighted by Gasteiger charge is 2.42. The van der Waals surface area contributed by atoms with Crippen LogP contribution >= 0.6 is 21.6 Å². The van der Waals surface area contributed by atoms with Gasteiger partial charge in [0.25, 0.3) is 0 Å². The van der Waals surface area contributed by atoms with E-state index in [2.05, 4.69) is 37.2 Å². The van der Waals surface area contributed by atoms with Gasteiger partial charge in [0.05, 0.1) is 31.1 Å². The zero-order valence-corrected chi connectivity index (χ0v) is 46.4. The Morgan fingerprint density at radius 3 is 1.59 bits per heavy atom. The lowest BCUT2D eigenvalue weighted by atomic mass is 10.0. The number of aliphatic hydroxyl groups excluding tert-OH is 2. The molecule has 2 aliphatic heterocycles. The van der Waals surface area contributed by atoms with E-state index < -0.39 is 187 Å². The number of carbonyl (C=O) groups excluding carboxylic acids is 11. The summed E-state index contributed by atoms with van der Waals surface area (Å²) in [5.74, 6) is -16.9. The normalized spacial score (nSPS) is 25.3. The molecule has 33 heteroatoms. The van der Waals surface area contributed by atoms with Crippen molar-refractivity contribution >= 4 is 98.5 Å². The number of aliphatic carboxylic acids is 2. The van der Waals surface area contributed by atoms with E-state index in [1.165, 1.54) is 48.5 Å². The third-order valence-electron chi connectivity index (χ3n) is 12.8. The minimum atomic E-state index is -2.05. The average Bonchev–Trinajstić information content (AvgIpc) is 4.01. The average molecular weight is 1210 g/mol. The first-order valence-electron chi connectivity index (χ1n) is 25.7. The van der Waals surface area contributed by atoms with Crippen molar-refractivity contribution in [3.05, 3.63) is 59.7 Å². The number of nitrogens with two attached hydrogens (primary N) is 3. The van der Waals surface area contributed by atoms with Crippen molar-refractivity contribution in [1.29, 1.82) is 0 Å². The molecule has 83 heavy (non-hydrogen) atoms. The molecule has 2 heterocycles. The van der Waals surface area contributed by atoms with Crippen molar-refractivity contribution in [2.24, 2.45) is 17.2 Å². The van der Waals surface area contributed by atoms with E-state index in [4.69, 9.17) is 17.2 Å². The summed E-state index contributed by atoms with van der Waals surface area (Å²) in [7, 11) is 1.59. The number of benzene rings is 2. The first kappa shape index (κ1) is 67.2. The molecule has 2 fully saturated rings. The van der Waals surface area contributed by atoms with E-state index in [1.807, 2.05) is 5.32 Å². The molecule has 0 radical (unpaired) electrons. The van der Waals surface area contributed by atoms with Crippen LogP contribution < -0.4 is 59.7 Å². The Labute approximate surface area is 481 Å². The number of aromatic hydroxyl groups is 2. The highest BCUT2D eigenvalue weighted by Crippen LogP contribution is 2.24. The Balaban J connectivity index is 1.83. The summed E-state index contributed by atoms with van der Waals surface area (Å²) in [6, 6.07) is -6.97. The van der Waals surface area contributed by atoms with Crippen LogP contribution in [0.25, 0.3) is 0 Å². The number of rotatable bonds is 16. The Hall–Kier alpha value is -8.27. The summed E-state index contributed by atoms with van der Waals surface area (Å²) in [4.78, 5) is 176. The number of carboxylic acids is 2. The fraction of sp³-hybridized carbons (Fsp3) is 0.500. The van der Waals surface area contributed by atoms with Crippen LogP contribution in [-0.2, 0) is 75.2 Å². The largest absolute Gasteiger partial charge is 0.508 e. The van der Waals surface area contributed by atoms with Crippen molar-refractivity contribution < 1.29 is 93.0 Å². The maximum Gasteiger partial charge on any atom is 0.326 e. The Morgan fingerprint density at radius 2 is 1.10 bits per heavy atom. The summed E-state index contributed by atoms with van der Waals surface area (Å²) in [6.45, 7) is 2.02. The zero-order chi connectivity index (χ0) is 61.8. The number of hydrogen-bond acceptors (Lipinski definition) is 20.